The number of nitrogens with zero attached hydrogens (tertiary/aromatic N) is 4. The summed E-state index contributed by atoms with van der Waals surface area (Å²) in [5.74, 6) is 4.01. The summed E-state index contributed by atoms with van der Waals surface area (Å²) < 4.78 is 42.3. The second-order valence-corrected chi connectivity index (χ2v) is 15.3. The van der Waals surface area contributed by atoms with Crippen LogP contribution in [0, 0.1) is 23.7 Å². The first-order valence-corrected chi connectivity index (χ1v) is 19.5. The molecule has 284 valence electrons. The summed E-state index contributed by atoms with van der Waals surface area (Å²) in [5, 5.41) is 24.3. The van der Waals surface area contributed by atoms with Crippen molar-refractivity contribution >= 4 is 32.2 Å². The molecule has 0 spiro atoms. The van der Waals surface area contributed by atoms with Crippen molar-refractivity contribution in [2.24, 2.45) is 23.7 Å². The first-order valence-electron chi connectivity index (χ1n) is 18.1. The molecule has 10 rings (SSSR count). The van der Waals surface area contributed by atoms with Crippen LogP contribution < -0.4 is 9.47 Å². The molecule has 6 aliphatic heterocycles. The van der Waals surface area contributed by atoms with Crippen LogP contribution in [-0.4, -0.2) is 100.0 Å². The third-order valence-corrected chi connectivity index (χ3v) is 11.6. The fourth-order valence-corrected chi connectivity index (χ4v) is 8.89. The Morgan fingerprint density at radius 2 is 1.13 bits per heavy atom. The van der Waals surface area contributed by atoms with Gasteiger partial charge in [0.2, 0.25) is 0 Å². The van der Waals surface area contributed by atoms with Crippen LogP contribution in [0.1, 0.15) is 49.0 Å². The number of ether oxygens (including phenoxy) is 2. The maximum atomic E-state index is 11.2. The molecule has 8 unspecified atom stereocenters. The van der Waals surface area contributed by atoms with Crippen molar-refractivity contribution < 1.29 is 37.2 Å². The lowest BCUT2D eigenvalue weighted by Gasteiger charge is -2.50. The SMILES string of the molecule is C=CC1CN2CCC1CC2[C@H](O)c1ccnc2ccc(OC)cc12.C=CC1CN2CCC1CC2[C@H](O)c1ccnc2ccc(OC)cc12.O=S(=O)(O)O. The molecule has 4 N–H and O–H groups in total. The molecule has 6 saturated heterocycles. The molecule has 12 nitrogen and oxygen atoms in total. The van der Waals surface area contributed by atoms with Gasteiger partial charge in [0, 0.05) is 48.3 Å². The van der Waals surface area contributed by atoms with Crippen LogP contribution >= 0.6 is 0 Å². The Morgan fingerprint density at radius 3 is 1.45 bits per heavy atom. The summed E-state index contributed by atoms with van der Waals surface area (Å²) in [4.78, 5) is 13.7. The average Bonchev–Trinajstić information content (AvgIpc) is 3.19. The van der Waals surface area contributed by atoms with Gasteiger partial charge in [0.05, 0.1) is 37.5 Å². The summed E-state index contributed by atoms with van der Waals surface area (Å²) in [6, 6.07) is 15.9. The predicted octanol–water partition coefficient (Wildman–Crippen LogP) is 5.69. The highest BCUT2D eigenvalue weighted by Gasteiger charge is 2.43. The minimum absolute atomic E-state index is 0.178. The number of fused-ring (bicyclic) bond motifs is 8. The Bertz CT molecular complexity index is 1890. The molecule has 0 radical (unpaired) electrons. The zero-order valence-corrected chi connectivity index (χ0v) is 31.1. The molecule has 2 aromatic heterocycles. The highest BCUT2D eigenvalue weighted by Crippen LogP contribution is 2.43. The van der Waals surface area contributed by atoms with Crippen LogP contribution in [0.5, 0.6) is 11.5 Å². The van der Waals surface area contributed by atoms with E-state index < -0.39 is 22.6 Å². The Balaban J connectivity index is 0.000000161. The minimum atomic E-state index is -4.67. The van der Waals surface area contributed by atoms with Crippen molar-refractivity contribution in [3.63, 3.8) is 0 Å². The van der Waals surface area contributed by atoms with Crippen LogP contribution in [0.25, 0.3) is 21.8 Å². The summed E-state index contributed by atoms with van der Waals surface area (Å²) in [6.07, 6.45) is 11.2. The molecule has 10 atom stereocenters. The minimum Gasteiger partial charge on any atom is -0.497 e. The van der Waals surface area contributed by atoms with Crippen molar-refractivity contribution in [2.75, 3.05) is 40.4 Å². The van der Waals surface area contributed by atoms with Crippen LogP contribution in [0.4, 0.5) is 0 Å². The summed E-state index contributed by atoms with van der Waals surface area (Å²) in [6.45, 7) is 12.1. The van der Waals surface area contributed by atoms with Gasteiger partial charge < -0.3 is 19.7 Å². The molecule has 8 heterocycles. The zero-order valence-electron chi connectivity index (χ0n) is 30.2. The zero-order chi connectivity index (χ0) is 37.9. The van der Waals surface area contributed by atoms with E-state index in [1.165, 1.54) is 12.8 Å². The van der Waals surface area contributed by atoms with Gasteiger partial charge in [0.25, 0.3) is 0 Å². The Labute approximate surface area is 311 Å². The molecule has 0 amide bonds. The lowest BCUT2D eigenvalue weighted by atomic mass is 9.73. The number of rotatable bonds is 8. The van der Waals surface area contributed by atoms with Crippen LogP contribution in [0.2, 0.25) is 0 Å². The summed E-state index contributed by atoms with van der Waals surface area (Å²) in [7, 11) is -1.34. The molecule has 6 aliphatic rings. The third-order valence-electron chi connectivity index (χ3n) is 11.6. The average molecular weight is 747 g/mol. The van der Waals surface area contributed by atoms with Gasteiger partial charge in [-0.15, -0.1) is 13.2 Å². The highest BCUT2D eigenvalue weighted by atomic mass is 32.3. The molecule has 2 aromatic carbocycles. The summed E-state index contributed by atoms with van der Waals surface area (Å²) >= 11 is 0. The molecular formula is C40H50N4O8S. The monoisotopic (exact) mass is 746 g/mol. The first kappa shape index (κ1) is 38.8. The van der Waals surface area contributed by atoms with E-state index in [1.54, 1.807) is 26.6 Å². The maximum Gasteiger partial charge on any atom is 0.394 e. The number of benzene rings is 2. The Morgan fingerprint density at radius 1 is 0.736 bits per heavy atom. The van der Waals surface area contributed by atoms with E-state index >= 15 is 0 Å². The second-order valence-electron chi connectivity index (χ2n) is 14.4. The van der Waals surface area contributed by atoms with Gasteiger partial charge in [-0.1, -0.05) is 12.2 Å². The molecule has 0 aliphatic carbocycles. The molecule has 6 fully saturated rings. The van der Waals surface area contributed by atoms with Gasteiger partial charge in [-0.3, -0.25) is 28.9 Å². The number of hydrogen-bond donors (Lipinski definition) is 4. The van der Waals surface area contributed by atoms with Crippen molar-refractivity contribution in [3.8, 4) is 11.5 Å². The Kier molecular flexibility index (Phi) is 12.1. The van der Waals surface area contributed by atoms with Crippen LogP contribution in [-0.2, 0) is 10.4 Å². The lowest BCUT2D eigenvalue weighted by Crippen LogP contribution is -2.54. The standard InChI is InChI=1S/2C20H24N2O2.H2O4S/c2*1-3-13-12-22-9-7-14(13)10-19(22)20(23)16-6-8-21-18-5-4-15(24-2)11-17(16)18;1-5(2,3)4/h2*3-6,8,11,13-14,19-20,23H,1,7,9-10,12H2,2H3;(H2,1,2,3,4)/t2*13?,14?,19?,20-;/m11./s1. The molecular weight excluding hydrogens is 697 g/mol. The normalized spacial score (nSPS) is 28.5. The van der Waals surface area contributed by atoms with E-state index in [2.05, 4.69) is 45.1 Å². The fourth-order valence-electron chi connectivity index (χ4n) is 8.89. The van der Waals surface area contributed by atoms with E-state index in [4.69, 9.17) is 27.0 Å². The second kappa shape index (κ2) is 16.6. The quantitative estimate of drug-likeness (QED) is 0.129. The predicted molar refractivity (Wildman–Crippen MR) is 204 cm³/mol. The number of aliphatic hydroxyl groups is 2. The fraction of sp³-hybridized carbons (Fsp3) is 0.450. The van der Waals surface area contributed by atoms with E-state index in [9.17, 15) is 10.2 Å². The summed E-state index contributed by atoms with van der Waals surface area (Å²) in [5.41, 5.74) is 3.69. The highest BCUT2D eigenvalue weighted by molar-refractivity contribution is 7.79. The van der Waals surface area contributed by atoms with Crippen molar-refractivity contribution in [1.29, 1.82) is 0 Å². The van der Waals surface area contributed by atoms with E-state index in [1.807, 2.05) is 48.5 Å². The first-order chi connectivity index (χ1) is 25.4. The smallest absolute Gasteiger partial charge is 0.394 e. The van der Waals surface area contributed by atoms with Gasteiger partial charge in [0.1, 0.15) is 11.5 Å². The molecule has 4 bridgehead atoms. The van der Waals surface area contributed by atoms with Gasteiger partial charge in [-0.2, -0.15) is 8.42 Å². The number of piperidine rings is 6. The number of aliphatic hydroxyl groups excluding tert-OH is 2. The number of aromatic nitrogens is 2. The van der Waals surface area contributed by atoms with Gasteiger partial charge in [0.15, 0.2) is 0 Å². The number of hydrogen-bond acceptors (Lipinski definition) is 10. The van der Waals surface area contributed by atoms with E-state index in [0.717, 1.165) is 83.5 Å². The maximum absolute atomic E-state index is 11.2. The van der Waals surface area contributed by atoms with Crippen molar-refractivity contribution in [1.82, 2.24) is 19.8 Å². The Hall–Kier alpha value is -3.95. The number of pyridine rings is 2. The van der Waals surface area contributed by atoms with Crippen molar-refractivity contribution in [2.45, 2.75) is 50.0 Å². The van der Waals surface area contributed by atoms with Gasteiger partial charge in [-0.25, -0.2) is 0 Å². The molecule has 13 heteroatoms. The number of methoxy groups -OCH3 is 2. The topological polar surface area (TPSA) is 166 Å². The van der Waals surface area contributed by atoms with Crippen LogP contribution in [0.15, 0.2) is 86.2 Å². The van der Waals surface area contributed by atoms with E-state index in [-0.39, 0.29) is 12.1 Å². The van der Waals surface area contributed by atoms with Gasteiger partial charge in [-0.05, 0) is 122 Å². The van der Waals surface area contributed by atoms with Crippen molar-refractivity contribution in [3.05, 3.63) is 97.4 Å². The molecule has 0 saturated carbocycles. The van der Waals surface area contributed by atoms with Crippen LogP contribution in [0.3, 0.4) is 0 Å². The largest absolute Gasteiger partial charge is 0.497 e. The molecule has 53 heavy (non-hydrogen) atoms. The van der Waals surface area contributed by atoms with E-state index in [0.29, 0.717) is 23.7 Å². The van der Waals surface area contributed by atoms with Gasteiger partial charge >= 0.3 is 10.4 Å². The third kappa shape index (κ3) is 8.73. The molecule has 4 aromatic rings. The lowest BCUT2D eigenvalue weighted by molar-refractivity contribution is -0.0445.